The third kappa shape index (κ3) is 8.59. The molecule has 2 N–H and O–H groups in total. The van der Waals surface area contributed by atoms with Gasteiger partial charge in [-0.1, -0.05) is 41.2 Å². The van der Waals surface area contributed by atoms with Crippen LogP contribution < -0.4 is 0 Å². The van der Waals surface area contributed by atoms with Crippen molar-refractivity contribution in [3.8, 4) is 0 Å². The van der Waals surface area contributed by atoms with Crippen LogP contribution in [0.15, 0.2) is 12.3 Å². The molecule has 6 nitrogen and oxygen atoms in total. The molecule has 0 aromatic carbocycles. The molecular weight excluding hydrogens is 300 g/mol. The lowest BCUT2D eigenvalue weighted by atomic mass is 9.82. The van der Waals surface area contributed by atoms with E-state index in [1.807, 2.05) is 20.8 Å². The molecule has 0 rings (SSSR count). The number of ether oxygens (including phenoxy) is 2. The zero-order valence-electron chi connectivity index (χ0n) is 14.8. The smallest absolute Gasteiger partial charge is 0.344 e. The van der Waals surface area contributed by atoms with Crippen LogP contribution in [0.4, 0.5) is 0 Å². The third-order valence-electron chi connectivity index (χ3n) is 4.01. The van der Waals surface area contributed by atoms with Crippen LogP contribution in [0.25, 0.3) is 0 Å². The zero-order valence-corrected chi connectivity index (χ0v) is 14.8. The first kappa shape index (κ1) is 21.4. The first-order valence-electron chi connectivity index (χ1n) is 7.82. The second-order valence-corrected chi connectivity index (χ2v) is 6.99. The quantitative estimate of drug-likeness (QED) is 0.499. The van der Waals surface area contributed by atoms with Gasteiger partial charge >= 0.3 is 11.9 Å². The minimum atomic E-state index is -1.16. The van der Waals surface area contributed by atoms with E-state index >= 15 is 0 Å². The first-order chi connectivity index (χ1) is 10.4. The molecule has 0 aliphatic carbocycles. The van der Waals surface area contributed by atoms with E-state index in [9.17, 15) is 19.8 Å². The number of hydrogen-bond acceptors (Lipinski definition) is 6. The Morgan fingerprint density at radius 3 is 2.22 bits per heavy atom. The second kappa shape index (κ2) is 8.91. The van der Waals surface area contributed by atoms with Crippen molar-refractivity contribution < 1.29 is 29.3 Å². The lowest BCUT2D eigenvalue weighted by molar-refractivity contribution is -0.163. The summed E-state index contributed by atoms with van der Waals surface area (Å²) in [6.07, 6.45) is 0.586. The third-order valence-corrected chi connectivity index (χ3v) is 4.01. The highest BCUT2D eigenvalue weighted by molar-refractivity contribution is 5.78. The number of carbonyl (C=O) groups is 2. The Bertz CT molecular complexity index is 423. The van der Waals surface area contributed by atoms with E-state index in [2.05, 4.69) is 6.58 Å². The summed E-state index contributed by atoms with van der Waals surface area (Å²) < 4.78 is 9.89. The van der Waals surface area contributed by atoms with Crippen molar-refractivity contribution in [1.29, 1.82) is 0 Å². The molecule has 0 saturated heterocycles. The fourth-order valence-electron chi connectivity index (χ4n) is 1.78. The Morgan fingerprint density at radius 1 is 1.22 bits per heavy atom. The van der Waals surface area contributed by atoms with E-state index in [1.165, 1.54) is 0 Å². The number of hydrogen-bond donors (Lipinski definition) is 2. The zero-order chi connectivity index (χ0) is 18.3. The van der Waals surface area contributed by atoms with Crippen LogP contribution in [0.5, 0.6) is 0 Å². The highest BCUT2D eigenvalue weighted by Gasteiger charge is 2.29. The summed E-state index contributed by atoms with van der Waals surface area (Å²) in [5, 5.41) is 19.4. The molecule has 0 aromatic rings. The molecule has 134 valence electrons. The van der Waals surface area contributed by atoms with Gasteiger partial charge in [-0.15, -0.1) is 0 Å². The molecule has 0 heterocycles. The van der Waals surface area contributed by atoms with Gasteiger partial charge in [0.1, 0.15) is 0 Å². The van der Waals surface area contributed by atoms with Gasteiger partial charge in [0.2, 0.25) is 0 Å². The standard InChI is InChI=1S/C17H30O6/c1-7-17(21,10-12(2)18)8-9-22-14(19)11-23-15(20)13(3)16(4,5)6/h13,18,21H,2,7-11H2,1,3-6H3. The average Bonchev–Trinajstić information content (AvgIpc) is 2.42. The van der Waals surface area contributed by atoms with Gasteiger partial charge in [0.05, 0.1) is 23.9 Å². The van der Waals surface area contributed by atoms with Crippen LogP contribution in [0.3, 0.4) is 0 Å². The molecule has 2 atom stereocenters. The van der Waals surface area contributed by atoms with Crippen LogP contribution in [-0.2, 0) is 19.1 Å². The number of carbonyl (C=O) groups excluding carboxylic acids is 2. The molecule has 0 saturated carbocycles. The Labute approximate surface area is 138 Å². The second-order valence-electron chi connectivity index (χ2n) is 6.99. The molecule has 0 amide bonds. The fourth-order valence-corrected chi connectivity index (χ4v) is 1.78. The van der Waals surface area contributed by atoms with Gasteiger partial charge in [0.25, 0.3) is 0 Å². The number of esters is 2. The van der Waals surface area contributed by atoms with Crippen molar-refractivity contribution in [2.75, 3.05) is 13.2 Å². The molecule has 0 aromatic heterocycles. The fraction of sp³-hybridized carbons (Fsp3) is 0.765. The Hall–Kier alpha value is -1.56. The largest absolute Gasteiger partial charge is 0.513 e. The summed E-state index contributed by atoms with van der Waals surface area (Å²) in [5.74, 6) is -1.57. The SMILES string of the molecule is C=C(O)CC(O)(CC)CCOC(=O)COC(=O)C(C)C(C)(C)C. The highest BCUT2D eigenvalue weighted by atomic mass is 16.6. The van der Waals surface area contributed by atoms with Gasteiger partial charge < -0.3 is 19.7 Å². The summed E-state index contributed by atoms with van der Waals surface area (Å²) >= 11 is 0. The molecule has 2 unspecified atom stereocenters. The minimum absolute atomic E-state index is 0.0250. The van der Waals surface area contributed by atoms with Crippen LogP contribution >= 0.6 is 0 Å². The normalized spacial score (nSPS) is 15.4. The average molecular weight is 330 g/mol. The summed E-state index contributed by atoms with van der Waals surface area (Å²) in [7, 11) is 0. The predicted octanol–water partition coefficient (Wildman–Crippen LogP) is 2.75. The van der Waals surface area contributed by atoms with E-state index in [0.717, 1.165) is 0 Å². The number of aliphatic hydroxyl groups is 2. The maximum atomic E-state index is 11.8. The van der Waals surface area contributed by atoms with Crippen LogP contribution in [0, 0.1) is 11.3 Å². The number of aliphatic hydroxyl groups excluding tert-OH is 1. The molecule has 0 fully saturated rings. The molecule has 0 aliphatic heterocycles. The van der Waals surface area contributed by atoms with Crippen molar-refractivity contribution in [3.63, 3.8) is 0 Å². The summed E-state index contributed by atoms with van der Waals surface area (Å²) in [6, 6.07) is 0. The number of rotatable bonds is 9. The van der Waals surface area contributed by atoms with Gasteiger partial charge in [-0.05, 0) is 11.8 Å². The lowest BCUT2D eigenvalue weighted by Gasteiger charge is -2.26. The van der Waals surface area contributed by atoms with Gasteiger partial charge in [-0.3, -0.25) is 4.79 Å². The molecular formula is C17H30O6. The molecule has 0 spiro atoms. The van der Waals surface area contributed by atoms with Crippen molar-refractivity contribution >= 4 is 11.9 Å². The summed E-state index contributed by atoms with van der Waals surface area (Å²) in [4.78, 5) is 23.4. The van der Waals surface area contributed by atoms with Gasteiger partial charge in [0.15, 0.2) is 6.61 Å². The van der Waals surface area contributed by atoms with Gasteiger partial charge in [0, 0.05) is 12.8 Å². The monoisotopic (exact) mass is 330 g/mol. The molecule has 6 heteroatoms. The first-order valence-corrected chi connectivity index (χ1v) is 7.82. The van der Waals surface area contributed by atoms with Crippen molar-refractivity contribution in [1.82, 2.24) is 0 Å². The van der Waals surface area contributed by atoms with E-state index in [4.69, 9.17) is 9.47 Å². The Morgan fingerprint density at radius 2 is 1.78 bits per heavy atom. The Kier molecular flexibility index (Phi) is 8.31. The topological polar surface area (TPSA) is 93.1 Å². The summed E-state index contributed by atoms with van der Waals surface area (Å²) in [6.45, 7) is 12.1. The van der Waals surface area contributed by atoms with Crippen molar-refractivity contribution in [2.24, 2.45) is 11.3 Å². The molecule has 23 heavy (non-hydrogen) atoms. The van der Waals surface area contributed by atoms with Crippen molar-refractivity contribution in [3.05, 3.63) is 12.3 Å². The van der Waals surface area contributed by atoms with Gasteiger partial charge in [-0.25, -0.2) is 4.79 Å². The molecule has 0 bridgehead atoms. The van der Waals surface area contributed by atoms with Crippen LogP contribution in [-0.4, -0.2) is 41.0 Å². The van der Waals surface area contributed by atoms with Gasteiger partial charge in [-0.2, -0.15) is 0 Å². The van der Waals surface area contributed by atoms with Crippen LogP contribution in [0.1, 0.15) is 53.9 Å². The summed E-state index contributed by atoms with van der Waals surface area (Å²) in [5.41, 5.74) is -1.41. The van der Waals surface area contributed by atoms with E-state index < -0.39 is 24.1 Å². The maximum Gasteiger partial charge on any atom is 0.344 e. The lowest BCUT2D eigenvalue weighted by Crippen LogP contribution is -2.31. The Balaban J connectivity index is 4.18. The molecule has 0 aliphatic rings. The molecule has 0 radical (unpaired) electrons. The van der Waals surface area contributed by atoms with E-state index in [0.29, 0.717) is 6.42 Å². The maximum absolute atomic E-state index is 11.8. The predicted molar refractivity (Wildman–Crippen MR) is 86.8 cm³/mol. The minimum Gasteiger partial charge on any atom is -0.513 e. The van der Waals surface area contributed by atoms with E-state index in [-0.39, 0.29) is 36.5 Å². The van der Waals surface area contributed by atoms with Crippen LogP contribution in [0.2, 0.25) is 0 Å². The van der Waals surface area contributed by atoms with E-state index in [1.54, 1.807) is 13.8 Å². The highest BCUT2D eigenvalue weighted by Crippen LogP contribution is 2.26. The van der Waals surface area contributed by atoms with Crippen molar-refractivity contribution in [2.45, 2.75) is 59.5 Å².